The second kappa shape index (κ2) is 8.31. The average molecular weight is 430 g/mol. The number of furan rings is 1. The summed E-state index contributed by atoms with van der Waals surface area (Å²) in [6, 6.07) is 9.92. The zero-order valence-electron chi connectivity index (χ0n) is 16.2. The maximum atomic E-state index is 12.3. The molecule has 30 heavy (non-hydrogen) atoms. The van der Waals surface area contributed by atoms with E-state index < -0.39 is 10.0 Å². The molecule has 2 N–H and O–H groups in total. The fourth-order valence-electron chi connectivity index (χ4n) is 3.60. The number of carbonyl (C=O) groups excluding carboxylic acids is 2. The molecule has 158 valence electrons. The Kier molecular flexibility index (Phi) is 5.58. The Morgan fingerprint density at radius 1 is 1.17 bits per heavy atom. The summed E-state index contributed by atoms with van der Waals surface area (Å²) in [5.41, 5.74) is 0.520. The van der Waals surface area contributed by atoms with Crippen LogP contribution in [0.3, 0.4) is 0 Å². The van der Waals surface area contributed by atoms with Crippen molar-refractivity contribution in [2.75, 3.05) is 19.6 Å². The van der Waals surface area contributed by atoms with Crippen molar-refractivity contribution >= 4 is 27.7 Å². The van der Waals surface area contributed by atoms with Crippen LogP contribution < -0.4 is 10.0 Å². The molecule has 0 atom stereocenters. The van der Waals surface area contributed by atoms with Crippen LogP contribution in [0.2, 0.25) is 0 Å². The molecule has 9 nitrogen and oxygen atoms in total. The fourth-order valence-corrected chi connectivity index (χ4v) is 4.85. The number of amidine groups is 1. The van der Waals surface area contributed by atoms with Crippen LogP contribution in [0.5, 0.6) is 0 Å². The smallest absolute Gasteiger partial charge is 0.289 e. The van der Waals surface area contributed by atoms with Gasteiger partial charge in [-0.15, -0.1) is 0 Å². The van der Waals surface area contributed by atoms with Gasteiger partial charge in [-0.05, 0) is 37.1 Å². The first-order valence-corrected chi connectivity index (χ1v) is 11.2. The van der Waals surface area contributed by atoms with Gasteiger partial charge in [-0.25, -0.2) is 8.42 Å². The predicted octanol–water partition coefficient (Wildman–Crippen LogP) is 1.13. The zero-order chi connectivity index (χ0) is 21.1. The third kappa shape index (κ3) is 4.23. The lowest BCUT2D eigenvalue weighted by molar-refractivity contribution is -0.121. The number of aliphatic imine (C=N–C) groups is 1. The van der Waals surface area contributed by atoms with E-state index in [1.54, 1.807) is 35.2 Å². The summed E-state index contributed by atoms with van der Waals surface area (Å²) >= 11 is 0. The Hall–Kier alpha value is -3.14. The van der Waals surface area contributed by atoms with E-state index in [-0.39, 0.29) is 41.6 Å². The summed E-state index contributed by atoms with van der Waals surface area (Å²) < 4.78 is 31.7. The number of nitrogens with one attached hydrogen (secondary N) is 2. The van der Waals surface area contributed by atoms with E-state index in [1.165, 1.54) is 12.3 Å². The van der Waals surface area contributed by atoms with Crippen LogP contribution in [0.15, 0.2) is 57.0 Å². The number of rotatable bonds is 5. The molecule has 1 fully saturated rings. The fraction of sp³-hybridized carbons (Fsp3) is 0.350. The van der Waals surface area contributed by atoms with E-state index in [4.69, 9.17) is 4.42 Å². The molecule has 10 heteroatoms. The number of hydrogen-bond acceptors (Lipinski definition) is 6. The third-order valence-electron chi connectivity index (χ3n) is 5.15. The summed E-state index contributed by atoms with van der Waals surface area (Å²) in [6.45, 7) is 1.27. The molecule has 1 aromatic heterocycles. The zero-order valence-corrected chi connectivity index (χ0v) is 17.0. The molecular weight excluding hydrogens is 408 g/mol. The molecule has 1 saturated heterocycles. The Morgan fingerprint density at radius 2 is 1.93 bits per heavy atom. The summed E-state index contributed by atoms with van der Waals surface area (Å²) in [4.78, 5) is 30.7. The first-order valence-electron chi connectivity index (χ1n) is 9.73. The van der Waals surface area contributed by atoms with Crippen molar-refractivity contribution in [2.24, 2.45) is 4.99 Å². The summed E-state index contributed by atoms with van der Waals surface area (Å²) in [5.74, 6) is 0.299. The van der Waals surface area contributed by atoms with E-state index in [9.17, 15) is 18.0 Å². The molecule has 0 spiro atoms. The van der Waals surface area contributed by atoms with Crippen molar-refractivity contribution in [3.8, 4) is 0 Å². The molecule has 2 amide bonds. The number of benzene rings is 1. The number of nitrogens with zero attached hydrogens (tertiary/aromatic N) is 2. The SMILES string of the molecule is O=C(CCN=C1NS(=O)(=O)c2ccccc21)NC1CCN(C(=O)c2ccco2)CC1. The lowest BCUT2D eigenvalue weighted by atomic mass is 10.0. The van der Waals surface area contributed by atoms with Crippen LogP contribution in [-0.4, -0.2) is 56.6 Å². The van der Waals surface area contributed by atoms with Gasteiger partial charge in [-0.3, -0.25) is 19.3 Å². The van der Waals surface area contributed by atoms with Gasteiger partial charge in [0.2, 0.25) is 5.91 Å². The predicted molar refractivity (Wildman–Crippen MR) is 109 cm³/mol. The maximum absolute atomic E-state index is 12.3. The highest BCUT2D eigenvalue weighted by atomic mass is 32.2. The largest absolute Gasteiger partial charge is 0.459 e. The average Bonchev–Trinajstić information content (AvgIpc) is 3.35. The molecule has 2 aliphatic rings. The monoisotopic (exact) mass is 430 g/mol. The maximum Gasteiger partial charge on any atom is 0.289 e. The van der Waals surface area contributed by atoms with Gasteiger partial charge in [0.05, 0.1) is 17.7 Å². The van der Waals surface area contributed by atoms with Gasteiger partial charge < -0.3 is 14.6 Å². The van der Waals surface area contributed by atoms with Crippen LogP contribution >= 0.6 is 0 Å². The summed E-state index contributed by atoms with van der Waals surface area (Å²) in [6.07, 6.45) is 2.96. The number of amides is 2. The van der Waals surface area contributed by atoms with Gasteiger partial charge in [0.25, 0.3) is 15.9 Å². The van der Waals surface area contributed by atoms with Gasteiger partial charge in [0.15, 0.2) is 5.76 Å². The third-order valence-corrected chi connectivity index (χ3v) is 6.55. The number of piperidine rings is 1. The second-order valence-electron chi connectivity index (χ2n) is 7.19. The van der Waals surface area contributed by atoms with Crippen molar-refractivity contribution in [2.45, 2.75) is 30.2 Å². The van der Waals surface area contributed by atoms with Crippen LogP contribution in [0.1, 0.15) is 35.4 Å². The first kappa shape index (κ1) is 20.1. The minimum Gasteiger partial charge on any atom is -0.459 e. The second-order valence-corrected chi connectivity index (χ2v) is 8.84. The quantitative estimate of drug-likeness (QED) is 0.737. The molecule has 2 aromatic rings. The van der Waals surface area contributed by atoms with Gasteiger partial charge in [-0.2, -0.15) is 0 Å². The van der Waals surface area contributed by atoms with Gasteiger partial charge in [0, 0.05) is 31.1 Å². The lowest BCUT2D eigenvalue weighted by Crippen LogP contribution is -2.46. The highest BCUT2D eigenvalue weighted by molar-refractivity contribution is 7.90. The molecule has 0 bridgehead atoms. The van der Waals surface area contributed by atoms with Crippen molar-refractivity contribution < 1.29 is 22.4 Å². The highest BCUT2D eigenvalue weighted by Gasteiger charge is 2.30. The molecule has 0 aliphatic carbocycles. The molecule has 3 heterocycles. The van der Waals surface area contributed by atoms with E-state index in [2.05, 4.69) is 15.0 Å². The number of carbonyl (C=O) groups is 2. The van der Waals surface area contributed by atoms with E-state index in [0.29, 0.717) is 37.3 Å². The van der Waals surface area contributed by atoms with Crippen molar-refractivity contribution in [1.29, 1.82) is 0 Å². The van der Waals surface area contributed by atoms with Crippen molar-refractivity contribution in [3.63, 3.8) is 0 Å². The minimum atomic E-state index is -3.58. The Balaban J connectivity index is 1.25. The molecular formula is C20H22N4O5S. The molecule has 4 rings (SSSR count). The number of sulfonamides is 1. The Bertz CT molecular complexity index is 1070. The van der Waals surface area contributed by atoms with Crippen LogP contribution in [0.4, 0.5) is 0 Å². The van der Waals surface area contributed by atoms with Gasteiger partial charge in [-0.1, -0.05) is 12.1 Å². The summed E-state index contributed by atoms with van der Waals surface area (Å²) in [5, 5.41) is 2.97. The molecule has 0 unspecified atom stereocenters. The normalized spacial score (nSPS) is 19.3. The van der Waals surface area contributed by atoms with Crippen LogP contribution in [-0.2, 0) is 14.8 Å². The van der Waals surface area contributed by atoms with Gasteiger partial charge in [0.1, 0.15) is 5.84 Å². The standard InChI is InChI=1S/C20H22N4O5S/c25-18(7-10-21-19-15-4-1-2-6-17(15)30(27,28)23-19)22-14-8-11-24(12-9-14)20(26)16-5-3-13-29-16/h1-6,13-14H,7-12H2,(H,21,23)(H,22,25). The van der Waals surface area contributed by atoms with E-state index in [0.717, 1.165) is 0 Å². The molecule has 1 aromatic carbocycles. The highest BCUT2D eigenvalue weighted by Crippen LogP contribution is 2.22. The van der Waals surface area contributed by atoms with Crippen molar-refractivity contribution in [1.82, 2.24) is 14.9 Å². The Labute approximate surface area is 174 Å². The minimum absolute atomic E-state index is 0.00323. The van der Waals surface area contributed by atoms with Crippen LogP contribution in [0, 0.1) is 0 Å². The number of fused-ring (bicyclic) bond motifs is 1. The van der Waals surface area contributed by atoms with Gasteiger partial charge >= 0.3 is 0 Å². The number of likely N-dealkylation sites (tertiary alicyclic amines) is 1. The topological polar surface area (TPSA) is 121 Å². The van der Waals surface area contributed by atoms with E-state index in [1.807, 2.05) is 0 Å². The van der Waals surface area contributed by atoms with Crippen LogP contribution in [0.25, 0.3) is 0 Å². The lowest BCUT2D eigenvalue weighted by Gasteiger charge is -2.31. The van der Waals surface area contributed by atoms with Crippen molar-refractivity contribution in [3.05, 3.63) is 54.0 Å². The molecule has 2 aliphatic heterocycles. The first-order chi connectivity index (χ1) is 14.4. The Morgan fingerprint density at radius 3 is 2.67 bits per heavy atom. The molecule has 0 saturated carbocycles. The molecule has 0 radical (unpaired) electrons. The van der Waals surface area contributed by atoms with E-state index >= 15 is 0 Å². The number of hydrogen-bond donors (Lipinski definition) is 2. The summed E-state index contributed by atoms with van der Waals surface area (Å²) in [7, 11) is -3.58.